The van der Waals surface area contributed by atoms with Gasteiger partial charge in [0.25, 0.3) is 0 Å². The monoisotopic (exact) mass is 371 g/mol. The summed E-state index contributed by atoms with van der Waals surface area (Å²) in [6.45, 7) is 7.01. The van der Waals surface area contributed by atoms with Gasteiger partial charge in [-0.25, -0.2) is 4.98 Å². The average molecular weight is 371 g/mol. The molecular weight excluding hydrogens is 342 g/mol. The number of carbonyl (C=O) groups is 1. The van der Waals surface area contributed by atoms with Gasteiger partial charge in [-0.05, 0) is 45.7 Å². The quantitative estimate of drug-likeness (QED) is 0.793. The molecule has 2 saturated heterocycles. The summed E-state index contributed by atoms with van der Waals surface area (Å²) >= 11 is 0. The van der Waals surface area contributed by atoms with Crippen molar-refractivity contribution in [1.29, 1.82) is 0 Å². The van der Waals surface area contributed by atoms with Gasteiger partial charge >= 0.3 is 0 Å². The maximum absolute atomic E-state index is 12.7. The summed E-state index contributed by atoms with van der Waals surface area (Å²) in [6.07, 6.45) is 8.23. The van der Waals surface area contributed by atoms with Crippen molar-refractivity contribution in [3.05, 3.63) is 29.9 Å². The van der Waals surface area contributed by atoms with Crippen molar-refractivity contribution in [2.24, 2.45) is 7.05 Å². The minimum Gasteiger partial charge on any atom is -0.340 e. The van der Waals surface area contributed by atoms with E-state index in [9.17, 15) is 4.79 Å². The molecule has 0 radical (unpaired) electrons. The molecule has 0 spiro atoms. The molecule has 1 amide bonds. The van der Waals surface area contributed by atoms with E-state index in [1.807, 2.05) is 22.6 Å². The van der Waals surface area contributed by atoms with Gasteiger partial charge in [0.05, 0.1) is 6.54 Å². The zero-order valence-corrected chi connectivity index (χ0v) is 16.3. The average Bonchev–Trinajstić information content (AvgIpc) is 3.40. The van der Waals surface area contributed by atoms with Gasteiger partial charge in [0.1, 0.15) is 24.0 Å². The van der Waals surface area contributed by atoms with Gasteiger partial charge in [-0.15, -0.1) is 10.2 Å². The van der Waals surface area contributed by atoms with Crippen LogP contribution in [0.5, 0.6) is 0 Å². The Morgan fingerprint density at radius 2 is 2.00 bits per heavy atom. The molecule has 8 nitrogen and oxygen atoms in total. The highest BCUT2D eigenvalue weighted by Gasteiger charge is 2.29. The van der Waals surface area contributed by atoms with Crippen molar-refractivity contribution in [3.63, 3.8) is 0 Å². The maximum Gasteiger partial charge on any atom is 0.242 e. The van der Waals surface area contributed by atoms with Crippen molar-refractivity contribution in [2.75, 3.05) is 26.2 Å². The Bertz CT molecular complexity index is 790. The zero-order valence-electron chi connectivity index (χ0n) is 16.3. The molecule has 8 heteroatoms. The summed E-state index contributed by atoms with van der Waals surface area (Å²) in [5.74, 6) is 3.33. The molecule has 0 aromatic carbocycles. The zero-order chi connectivity index (χ0) is 18.8. The number of amides is 1. The first-order valence-electron chi connectivity index (χ1n) is 9.98. The normalized spacial score (nSPS) is 21.1. The lowest BCUT2D eigenvalue weighted by Gasteiger charge is -2.32. The van der Waals surface area contributed by atoms with Crippen LogP contribution >= 0.6 is 0 Å². The molecule has 2 aliphatic heterocycles. The van der Waals surface area contributed by atoms with E-state index < -0.39 is 0 Å². The third-order valence-electron chi connectivity index (χ3n) is 5.93. The molecular formula is C19H29N7O. The van der Waals surface area contributed by atoms with E-state index in [0.717, 1.165) is 63.0 Å². The minimum atomic E-state index is 0.153. The van der Waals surface area contributed by atoms with E-state index in [1.54, 1.807) is 6.20 Å². The maximum atomic E-state index is 12.7. The van der Waals surface area contributed by atoms with Crippen molar-refractivity contribution < 1.29 is 4.79 Å². The number of hydrogen-bond donors (Lipinski definition) is 0. The Kier molecular flexibility index (Phi) is 5.24. The van der Waals surface area contributed by atoms with Crippen molar-refractivity contribution in [2.45, 2.75) is 51.6 Å². The highest BCUT2D eigenvalue weighted by atomic mass is 16.2. The Morgan fingerprint density at radius 1 is 1.19 bits per heavy atom. The van der Waals surface area contributed by atoms with Crippen LogP contribution < -0.4 is 0 Å². The fourth-order valence-corrected chi connectivity index (χ4v) is 4.24. The number of aromatic nitrogens is 5. The molecule has 146 valence electrons. The molecule has 2 aromatic rings. The predicted molar refractivity (Wildman–Crippen MR) is 101 cm³/mol. The number of imidazole rings is 1. The molecule has 4 rings (SSSR count). The second-order valence-electron chi connectivity index (χ2n) is 7.80. The third-order valence-corrected chi connectivity index (χ3v) is 5.93. The molecule has 0 aliphatic carbocycles. The number of nitrogens with zero attached hydrogens (tertiary/aromatic N) is 7. The Balaban J connectivity index is 1.41. The minimum absolute atomic E-state index is 0.153. The molecule has 0 N–H and O–H groups in total. The van der Waals surface area contributed by atoms with E-state index in [1.165, 1.54) is 12.8 Å². The van der Waals surface area contributed by atoms with Gasteiger partial charge in [-0.2, -0.15) is 0 Å². The fraction of sp³-hybridized carbons (Fsp3) is 0.684. The summed E-state index contributed by atoms with van der Waals surface area (Å²) in [5.41, 5.74) is 0. The molecule has 27 heavy (non-hydrogen) atoms. The smallest absolute Gasteiger partial charge is 0.242 e. The summed E-state index contributed by atoms with van der Waals surface area (Å²) in [7, 11) is 2.07. The highest BCUT2D eigenvalue weighted by Crippen LogP contribution is 2.26. The highest BCUT2D eigenvalue weighted by molar-refractivity contribution is 5.76. The van der Waals surface area contributed by atoms with E-state index in [4.69, 9.17) is 0 Å². The van der Waals surface area contributed by atoms with Crippen LogP contribution in [0.25, 0.3) is 0 Å². The van der Waals surface area contributed by atoms with Gasteiger partial charge in [-0.3, -0.25) is 9.69 Å². The number of hydrogen-bond acceptors (Lipinski definition) is 5. The third kappa shape index (κ3) is 3.90. The predicted octanol–water partition coefficient (Wildman–Crippen LogP) is 1.32. The second kappa shape index (κ2) is 7.80. The second-order valence-corrected chi connectivity index (χ2v) is 7.80. The van der Waals surface area contributed by atoms with Crippen LogP contribution in [0.3, 0.4) is 0 Å². The molecule has 0 saturated carbocycles. The van der Waals surface area contributed by atoms with Gasteiger partial charge in [-0.1, -0.05) is 0 Å². The van der Waals surface area contributed by atoms with Gasteiger partial charge in [0, 0.05) is 38.4 Å². The van der Waals surface area contributed by atoms with Gasteiger partial charge < -0.3 is 14.0 Å². The SMILES string of the molecule is Cc1nccn1CC(=O)N1CCCC(c2nnc(CN3CCCC3)n2C)C1. The van der Waals surface area contributed by atoms with Crippen LogP contribution in [0.4, 0.5) is 0 Å². The fourth-order valence-electron chi connectivity index (χ4n) is 4.24. The largest absolute Gasteiger partial charge is 0.340 e. The van der Waals surface area contributed by atoms with Crippen molar-refractivity contribution >= 4 is 5.91 Å². The Hall–Kier alpha value is -2.22. The van der Waals surface area contributed by atoms with Crippen LogP contribution in [0.1, 0.15) is 49.1 Å². The number of carbonyl (C=O) groups excluding carboxylic acids is 1. The molecule has 4 heterocycles. The molecule has 1 atom stereocenters. The standard InChI is InChI=1S/C19H29N7O/c1-15-20-7-11-25(15)14-18(27)26-10-5-6-16(12-26)19-22-21-17(23(19)2)13-24-8-3-4-9-24/h7,11,16H,3-6,8-10,12-14H2,1-2H3. The lowest BCUT2D eigenvalue weighted by Crippen LogP contribution is -2.41. The molecule has 2 aliphatic rings. The van der Waals surface area contributed by atoms with E-state index in [0.29, 0.717) is 6.54 Å². The van der Waals surface area contributed by atoms with Crippen LogP contribution in [-0.2, 0) is 24.9 Å². The van der Waals surface area contributed by atoms with Crippen LogP contribution in [0.15, 0.2) is 12.4 Å². The van der Waals surface area contributed by atoms with Crippen molar-refractivity contribution in [1.82, 2.24) is 34.1 Å². The molecule has 1 unspecified atom stereocenters. The summed E-state index contributed by atoms with van der Waals surface area (Å²) < 4.78 is 4.05. The number of piperidine rings is 1. The molecule has 0 bridgehead atoms. The van der Waals surface area contributed by atoms with Crippen molar-refractivity contribution in [3.8, 4) is 0 Å². The summed E-state index contributed by atoms with van der Waals surface area (Å²) in [5, 5.41) is 8.95. The van der Waals surface area contributed by atoms with Gasteiger partial charge in [0.15, 0.2) is 0 Å². The van der Waals surface area contributed by atoms with E-state index >= 15 is 0 Å². The van der Waals surface area contributed by atoms with E-state index in [-0.39, 0.29) is 11.8 Å². The van der Waals surface area contributed by atoms with Crippen LogP contribution in [0, 0.1) is 6.92 Å². The lowest BCUT2D eigenvalue weighted by atomic mass is 9.97. The first-order valence-corrected chi connectivity index (χ1v) is 9.98. The number of likely N-dealkylation sites (tertiary alicyclic amines) is 2. The topological polar surface area (TPSA) is 72.1 Å². The van der Waals surface area contributed by atoms with Gasteiger partial charge in [0.2, 0.25) is 5.91 Å². The summed E-state index contributed by atoms with van der Waals surface area (Å²) in [4.78, 5) is 21.4. The Morgan fingerprint density at radius 3 is 2.74 bits per heavy atom. The Labute approximate surface area is 160 Å². The number of rotatable bonds is 5. The number of aryl methyl sites for hydroxylation is 1. The molecule has 2 fully saturated rings. The summed E-state index contributed by atoms with van der Waals surface area (Å²) in [6, 6.07) is 0. The first-order chi connectivity index (χ1) is 13.1. The first kappa shape index (κ1) is 18.2. The molecule has 2 aromatic heterocycles. The van der Waals surface area contributed by atoms with Crippen LogP contribution in [-0.4, -0.2) is 66.2 Å². The van der Waals surface area contributed by atoms with Crippen LogP contribution in [0.2, 0.25) is 0 Å². The van der Waals surface area contributed by atoms with E-state index in [2.05, 4.69) is 31.7 Å². The lowest BCUT2D eigenvalue weighted by molar-refractivity contribution is -0.133.